The van der Waals surface area contributed by atoms with Crippen molar-refractivity contribution in [2.24, 2.45) is 0 Å². The van der Waals surface area contributed by atoms with Gasteiger partial charge < -0.3 is 4.42 Å². The van der Waals surface area contributed by atoms with E-state index in [0.29, 0.717) is 5.39 Å². The number of fused-ring (bicyclic) bond motifs is 1. The van der Waals surface area contributed by atoms with Gasteiger partial charge in [0.25, 0.3) is 5.75 Å². The molecule has 1 aromatic carbocycles. The summed E-state index contributed by atoms with van der Waals surface area (Å²) in [6.07, 6.45) is 0. The van der Waals surface area contributed by atoms with Crippen LogP contribution in [0.2, 0.25) is 0 Å². The molecule has 0 saturated carbocycles. The van der Waals surface area contributed by atoms with Crippen LogP contribution in [0.15, 0.2) is 39.5 Å². The zero-order valence-corrected chi connectivity index (χ0v) is 9.97. The van der Waals surface area contributed by atoms with Gasteiger partial charge in [0.15, 0.2) is 0 Å². The Labute approximate surface area is 104 Å². The summed E-state index contributed by atoms with van der Waals surface area (Å²) in [6.45, 7) is 0. The second-order valence-corrected chi connectivity index (χ2v) is 3.82. The molecule has 8 heteroatoms. The summed E-state index contributed by atoms with van der Waals surface area (Å²) in [4.78, 5) is 10.9. The van der Waals surface area contributed by atoms with Gasteiger partial charge in [-0.05, 0) is 18.2 Å². The molecule has 92 valence electrons. The van der Waals surface area contributed by atoms with Gasteiger partial charge in [0.2, 0.25) is 0 Å². The van der Waals surface area contributed by atoms with Gasteiger partial charge in [0.1, 0.15) is 15.8 Å². The Morgan fingerprint density at radius 1 is 1.12 bits per heavy atom. The first kappa shape index (κ1) is 13.8. The van der Waals surface area contributed by atoms with Gasteiger partial charge in [-0.2, -0.15) is 27.5 Å². The Bertz CT molecular complexity index is 575. The number of halogens is 1. The summed E-state index contributed by atoms with van der Waals surface area (Å²) < 4.78 is 39.8. The monoisotopic (exact) mass is 278 g/mol. The van der Waals surface area contributed by atoms with E-state index >= 15 is 0 Å². The van der Waals surface area contributed by atoms with Gasteiger partial charge in [0, 0.05) is 17.5 Å². The molecule has 6 nitrogen and oxygen atoms in total. The van der Waals surface area contributed by atoms with Crippen LogP contribution in [-0.2, 0) is 0 Å². The molecule has 0 fully saturated rings. The summed E-state index contributed by atoms with van der Waals surface area (Å²) >= 11 is 0. The van der Waals surface area contributed by atoms with Crippen molar-refractivity contribution in [3.8, 4) is 5.75 Å². The average Bonchev–Trinajstić information content (AvgIpc) is 2.14. The van der Waals surface area contributed by atoms with Crippen molar-refractivity contribution in [3.05, 3.63) is 40.8 Å². The van der Waals surface area contributed by atoms with E-state index in [1.54, 1.807) is 0 Å². The molecular weight excluding hydrogens is 272 g/mol. The van der Waals surface area contributed by atoms with E-state index in [2.05, 4.69) is 4.29 Å². The Hall–Kier alpha value is -1.25. The molecular formula is C9H7ClO6S. The number of hydrogen-bond donors (Lipinski definition) is 0. The zero-order valence-electron chi connectivity index (χ0n) is 8.21. The van der Waals surface area contributed by atoms with Crippen LogP contribution in [0.3, 0.4) is 0 Å². The first-order valence-electron chi connectivity index (χ1n) is 4.08. The van der Waals surface area contributed by atoms with Crippen LogP contribution in [-0.4, -0.2) is 0 Å². The number of hydrogen-bond acceptors (Lipinski definition) is 6. The largest absolute Gasteiger partial charge is 0.423 e. The topological polar surface area (TPSA) is 109 Å². The third-order valence-corrected chi connectivity index (χ3v) is 2.15. The van der Waals surface area contributed by atoms with Gasteiger partial charge >= 0.3 is 5.63 Å². The van der Waals surface area contributed by atoms with Crippen LogP contribution < -0.4 is 23.9 Å². The highest BCUT2D eigenvalue weighted by Gasteiger charge is 2.19. The summed E-state index contributed by atoms with van der Waals surface area (Å²) in [7, 11) is -4.55. The van der Waals surface area contributed by atoms with E-state index in [4.69, 9.17) is 4.42 Å². The maximum atomic E-state index is 10.9. The van der Waals surface area contributed by atoms with Crippen molar-refractivity contribution in [1.29, 1.82) is 0 Å². The molecule has 0 saturated heterocycles. The quantitative estimate of drug-likeness (QED) is 0.599. The van der Waals surface area contributed by atoms with Crippen LogP contribution in [0.1, 0.15) is 0 Å². The van der Waals surface area contributed by atoms with Gasteiger partial charge in [-0.25, -0.2) is 4.79 Å². The third kappa shape index (κ3) is 3.62. The highest BCUT2D eigenvalue weighted by Crippen LogP contribution is 2.20. The molecule has 1 aromatic heterocycles. The fraction of sp³-hybridized carbons (Fsp3) is 0. The van der Waals surface area contributed by atoms with Crippen molar-refractivity contribution in [3.63, 3.8) is 0 Å². The normalized spacial score (nSPS) is 11.0. The van der Waals surface area contributed by atoms with Gasteiger partial charge in [-0.1, -0.05) is 4.29 Å². The smallest absolute Gasteiger partial charge is 0.336 e. The zero-order chi connectivity index (χ0) is 11.8. The summed E-state index contributed by atoms with van der Waals surface area (Å²) in [5.74, 6) is -0.210. The Morgan fingerprint density at radius 3 is 2.41 bits per heavy atom. The van der Waals surface area contributed by atoms with E-state index in [1.807, 2.05) is 0 Å². The molecule has 0 radical (unpaired) electrons. The van der Waals surface area contributed by atoms with Crippen LogP contribution in [0.5, 0.6) is 5.75 Å². The molecule has 0 atom stereocenters. The average molecular weight is 279 g/mol. The SMILES string of the molecule is O=c1ccc2ccc(O[Cl+3]([O-])([O-])[O-])cc2o1.S. The Kier molecular flexibility index (Phi) is 4.02. The highest BCUT2D eigenvalue weighted by molar-refractivity contribution is 7.59. The van der Waals surface area contributed by atoms with E-state index in [1.165, 1.54) is 24.3 Å². The van der Waals surface area contributed by atoms with Gasteiger partial charge in [-0.15, -0.1) is 0 Å². The minimum atomic E-state index is -4.55. The number of benzene rings is 1. The molecule has 0 aliphatic carbocycles. The molecule has 0 aliphatic rings. The molecule has 0 spiro atoms. The van der Waals surface area contributed by atoms with Crippen molar-refractivity contribution >= 4 is 24.5 Å². The highest BCUT2D eigenvalue weighted by atomic mass is 35.7. The molecule has 0 amide bonds. The second-order valence-electron chi connectivity index (χ2n) is 2.91. The summed E-state index contributed by atoms with van der Waals surface area (Å²) in [5, 5.41) is 0.590. The van der Waals surface area contributed by atoms with Crippen LogP contribution in [0, 0.1) is 10.2 Å². The fourth-order valence-corrected chi connectivity index (χ4v) is 1.51. The van der Waals surface area contributed by atoms with Gasteiger partial charge in [-0.3, -0.25) is 0 Å². The Balaban J connectivity index is 0.00000144. The third-order valence-electron chi connectivity index (χ3n) is 1.78. The molecule has 0 N–H and O–H groups in total. The van der Waals surface area contributed by atoms with Crippen LogP contribution in [0.25, 0.3) is 11.0 Å². The maximum Gasteiger partial charge on any atom is 0.336 e. The molecule has 0 unspecified atom stereocenters. The predicted octanol–water partition coefficient (Wildman–Crippen LogP) is -1.82. The maximum absolute atomic E-state index is 10.9. The van der Waals surface area contributed by atoms with E-state index in [-0.39, 0.29) is 24.8 Å². The predicted molar refractivity (Wildman–Crippen MR) is 53.5 cm³/mol. The van der Waals surface area contributed by atoms with Crippen molar-refractivity contribution in [1.82, 2.24) is 0 Å². The van der Waals surface area contributed by atoms with Crippen LogP contribution in [0.4, 0.5) is 0 Å². The van der Waals surface area contributed by atoms with E-state index < -0.39 is 15.9 Å². The first-order valence-corrected chi connectivity index (χ1v) is 5.32. The lowest BCUT2D eigenvalue weighted by molar-refractivity contribution is -1.91. The van der Waals surface area contributed by atoms with Crippen LogP contribution >= 0.6 is 13.5 Å². The molecule has 0 bridgehead atoms. The van der Waals surface area contributed by atoms with Crippen molar-refractivity contribution in [2.75, 3.05) is 0 Å². The molecule has 2 aromatic rings. The fourth-order valence-electron chi connectivity index (χ4n) is 1.20. The molecule has 2 rings (SSSR count). The first-order chi connectivity index (χ1) is 7.44. The minimum Gasteiger partial charge on any atom is -0.423 e. The van der Waals surface area contributed by atoms with Crippen molar-refractivity contribution in [2.45, 2.75) is 0 Å². The van der Waals surface area contributed by atoms with E-state index in [0.717, 1.165) is 6.07 Å². The molecule has 0 aliphatic heterocycles. The van der Waals surface area contributed by atoms with Gasteiger partial charge in [0.05, 0.1) is 0 Å². The second kappa shape index (κ2) is 4.94. The standard InChI is InChI=1S/C9H5ClO6.H2S/c11-9-4-2-6-1-3-7(5-8(6)15-9)16-10(12,13)14;/h1-5H;1H2. The molecule has 1 heterocycles. The summed E-state index contributed by atoms with van der Waals surface area (Å²) in [5.41, 5.74) is -0.434. The lowest BCUT2D eigenvalue weighted by Crippen LogP contribution is -2.63. The van der Waals surface area contributed by atoms with E-state index in [9.17, 15) is 18.8 Å². The Morgan fingerprint density at radius 2 is 1.76 bits per heavy atom. The van der Waals surface area contributed by atoms with Crippen molar-refractivity contribution < 1.29 is 32.9 Å². The summed E-state index contributed by atoms with van der Waals surface area (Å²) in [6, 6.07) is 6.64. The lowest BCUT2D eigenvalue weighted by atomic mass is 10.2. The minimum absolute atomic E-state index is 0. The lowest BCUT2D eigenvalue weighted by Gasteiger charge is -2.11. The number of rotatable bonds is 2. The molecule has 17 heavy (non-hydrogen) atoms.